The van der Waals surface area contributed by atoms with Crippen LogP contribution in [0.25, 0.3) is 27.4 Å². The Kier molecular flexibility index (Phi) is 7.33. The van der Waals surface area contributed by atoms with Gasteiger partial charge in [0.2, 0.25) is 5.88 Å². The van der Waals surface area contributed by atoms with Crippen LogP contribution in [0.15, 0.2) is 67.0 Å². The van der Waals surface area contributed by atoms with Crippen LogP contribution in [0.5, 0.6) is 5.88 Å². The predicted octanol–water partition coefficient (Wildman–Crippen LogP) is 5.70. The number of aromatic nitrogens is 5. The third-order valence-electron chi connectivity index (χ3n) is 6.06. The van der Waals surface area contributed by atoms with Gasteiger partial charge in [-0.25, -0.2) is 29.2 Å². The minimum Gasteiger partial charge on any atom is -0.473 e. The Morgan fingerprint density at radius 1 is 1.03 bits per heavy atom. The number of halogens is 1. The Bertz CT molecular complexity index is 1630. The van der Waals surface area contributed by atoms with E-state index in [0.29, 0.717) is 42.5 Å². The second-order valence-corrected chi connectivity index (χ2v) is 8.79. The normalized spacial score (nSPS) is 11.0. The molecule has 0 aliphatic rings. The second kappa shape index (κ2) is 11.2. The first-order valence-electron chi connectivity index (χ1n) is 12.1. The van der Waals surface area contributed by atoms with E-state index in [-0.39, 0.29) is 12.3 Å². The van der Waals surface area contributed by atoms with Gasteiger partial charge in [-0.05, 0) is 42.3 Å². The SMILES string of the molecule is [C-]#[N+]c1ccc(COc2cccc(-c3ncc(Cc4nc5ccc(C)cc5n4CCOC)cn3)n2)c(F)c1. The van der Waals surface area contributed by atoms with Gasteiger partial charge >= 0.3 is 0 Å². The van der Waals surface area contributed by atoms with E-state index in [1.807, 2.05) is 6.07 Å². The zero-order chi connectivity index (χ0) is 26.5. The van der Waals surface area contributed by atoms with Gasteiger partial charge in [0.15, 0.2) is 11.5 Å². The molecule has 5 aromatic rings. The van der Waals surface area contributed by atoms with E-state index >= 15 is 0 Å². The lowest BCUT2D eigenvalue weighted by Crippen LogP contribution is -2.09. The van der Waals surface area contributed by atoms with Crippen LogP contribution >= 0.6 is 0 Å². The van der Waals surface area contributed by atoms with Gasteiger partial charge in [-0.15, -0.1) is 0 Å². The number of imidazole rings is 1. The lowest BCUT2D eigenvalue weighted by Gasteiger charge is -2.09. The Labute approximate surface area is 219 Å². The van der Waals surface area contributed by atoms with Gasteiger partial charge in [-0.2, -0.15) is 0 Å². The number of pyridine rings is 1. The van der Waals surface area contributed by atoms with E-state index in [1.54, 1.807) is 49.8 Å². The Morgan fingerprint density at radius 3 is 2.63 bits per heavy atom. The third kappa shape index (κ3) is 5.51. The number of benzene rings is 2. The van der Waals surface area contributed by atoms with Crippen molar-refractivity contribution in [2.45, 2.75) is 26.5 Å². The summed E-state index contributed by atoms with van der Waals surface area (Å²) in [4.78, 5) is 21.6. The molecule has 0 N–H and O–H groups in total. The molecule has 9 heteroatoms. The molecule has 0 saturated carbocycles. The van der Waals surface area contributed by atoms with Crippen LogP contribution in [-0.2, 0) is 24.3 Å². The number of aryl methyl sites for hydroxylation is 1. The van der Waals surface area contributed by atoms with Crippen molar-refractivity contribution in [3.63, 3.8) is 0 Å². The first kappa shape index (κ1) is 25.0. The molecule has 0 spiro atoms. The van der Waals surface area contributed by atoms with Crippen molar-refractivity contribution in [3.05, 3.63) is 107 Å². The highest BCUT2D eigenvalue weighted by molar-refractivity contribution is 5.77. The number of hydrogen-bond donors (Lipinski definition) is 0. The molecule has 0 bridgehead atoms. The molecule has 0 saturated heterocycles. The average Bonchev–Trinajstić information content (AvgIpc) is 3.27. The van der Waals surface area contributed by atoms with Crippen LogP contribution in [0, 0.1) is 19.3 Å². The molecule has 190 valence electrons. The molecule has 0 unspecified atom stereocenters. The molecule has 38 heavy (non-hydrogen) atoms. The summed E-state index contributed by atoms with van der Waals surface area (Å²) in [5.74, 6) is 1.21. The van der Waals surface area contributed by atoms with E-state index in [4.69, 9.17) is 21.0 Å². The van der Waals surface area contributed by atoms with Crippen LogP contribution in [0.1, 0.15) is 22.5 Å². The number of methoxy groups -OCH3 is 1. The van der Waals surface area contributed by atoms with Crippen molar-refractivity contribution in [2.75, 3.05) is 13.7 Å². The first-order chi connectivity index (χ1) is 18.5. The standard InChI is InChI=1S/C29H25FN6O2/c1-19-7-10-24-26(13-19)36(11-12-37-3)27(34-24)14-20-16-32-29(33-17-20)25-5-4-6-28(35-25)38-18-21-8-9-22(31-2)15-23(21)30/h4-10,13,15-17H,11-12,14,18H2,1,3H3. The summed E-state index contributed by atoms with van der Waals surface area (Å²) >= 11 is 0. The molecule has 2 aromatic carbocycles. The van der Waals surface area contributed by atoms with Gasteiger partial charge in [-0.1, -0.05) is 24.3 Å². The lowest BCUT2D eigenvalue weighted by molar-refractivity contribution is 0.187. The highest BCUT2D eigenvalue weighted by atomic mass is 19.1. The number of ether oxygens (including phenoxy) is 2. The van der Waals surface area contributed by atoms with Crippen molar-refractivity contribution < 1.29 is 13.9 Å². The zero-order valence-corrected chi connectivity index (χ0v) is 21.1. The predicted molar refractivity (Wildman–Crippen MR) is 141 cm³/mol. The Morgan fingerprint density at radius 2 is 1.87 bits per heavy atom. The van der Waals surface area contributed by atoms with Gasteiger partial charge < -0.3 is 14.0 Å². The van der Waals surface area contributed by atoms with Crippen LogP contribution in [0.2, 0.25) is 0 Å². The molecule has 8 nitrogen and oxygen atoms in total. The summed E-state index contributed by atoms with van der Waals surface area (Å²) < 4.78 is 27.3. The fourth-order valence-corrected chi connectivity index (χ4v) is 4.10. The number of hydrogen-bond acceptors (Lipinski definition) is 6. The molecule has 0 aliphatic heterocycles. The molecule has 0 aliphatic carbocycles. The van der Waals surface area contributed by atoms with Gasteiger partial charge in [0.05, 0.1) is 24.2 Å². The van der Waals surface area contributed by atoms with Gasteiger partial charge in [0.25, 0.3) is 0 Å². The van der Waals surface area contributed by atoms with E-state index in [2.05, 4.69) is 43.4 Å². The van der Waals surface area contributed by atoms with Crippen LogP contribution < -0.4 is 4.74 Å². The quantitative estimate of drug-likeness (QED) is 0.238. The molecule has 3 aromatic heterocycles. The minimum absolute atomic E-state index is 0.00996. The maximum absolute atomic E-state index is 14.2. The van der Waals surface area contributed by atoms with E-state index in [9.17, 15) is 4.39 Å². The fourth-order valence-electron chi connectivity index (χ4n) is 4.10. The Hall–Kier alpha value is -4.68. The van der Waals surface area contributed by atoms with E-state index < -0.39 is 5.82 Å². The maximum atomic E-state index is 14.2. The monoisotopic (exact) mass is 508 g/mol. The number of fused-ring (bicyclic) bond motifs is 1. The highest BCUT2D eigenvalue weighted by Gasteiger charge is 2.13. The third-order valence-corrected chi connectivity index (χ3v) is 6.06. The summed E-state index contributed by atoms with van der Waals surface area (Å²) in [6.07, 6.45) is 4.13. The molecule has 3 heterocycles. The van der Waals surface area contributed by atoms with Crippen molar-refractivity contribution in [1.29, 1.82) is 0 Å². The van der Waals surface area contributed by atoms with Crippen molar-refractivity contribution in [3.8, 4) is 17.4 Å². The lowest BCUT2D eigenvalue weighted by atomic mass is 10.2. The number of nitrogens with zero attached hydrogens (tertiary/aromatic N) is 6. The largest absolute Gasteiger partial charge is 0.473 e. The second-order valence-electron chi connectivity index (χ2n) is 8.79. The molecule has 0 radical (unpaired) electrons. The summed E-state index contributed by atoms with van der Waals surface area (Å²) in [6, 6.07) is 15.8. The van der Waals surface area contributed by atoms with Gasteiger partial charge in [-0.3, -0.25) is 0 Å². The average molecular weight is 509 g/mol. The van der Waals surface area contributed by atoms with Crippen LogP contribution in [0.4, 0.5) is 10.1 Å². The van der Waals surface area contributed by atoms with Crippen LogP contribution in [0.3, 0.4) is 0 Å². The first-order valence-corrected chi connectivity index (χ1v) is 12.1. The smallest absolute Gasteiger partial charge is 0.214 e. The summed E-state index contributed by atoms with van der Waals surface area (Å²) in [5.41, 5.74) is 5.26. The highest BCUT2D eigenvalue weighted by Crippen LogP contribution is 2.22. The fraction of sp³-hybridized carbons (Fsp3) is 0.207. The maximum Gasteiger partial charge on any atom is 0.214 e. The summed E-state index contributed by atoms with van der Waals surface area (Å²) in [7, 11) is 1.69. The van der Waals surface area contributed by atoms with E-state index in [1.165, 1.54) is 11.6 Å². The molecular formula is C29H25FN6O2. The number of rotatable bonds is 9. The Balaban J connectivity index is 1.31. The van der Waals surface area contributed by atoms with Crippen molar-refractivity contribution >= 4 is 16.7 Å². The zero-order valence-electron chi connectivity index (χ0n) is 21.1. The van der Waals surface area contributed by atoms with Crippen molar-refractivity contribution in [2.24, 2.45) is 0 Å². The van der Waals surface area contributed by atoms with Crippen molar-refractivity contribution in [1.82, 2.24) is 24.5 Å². The van der Waals surface area contributed by atoms with Gasteiger partial charge in [0, 0.05) is 44.1 Å². The summed E-state index contributed by atoms with van der Waals surface area (Å²) in [6.45, 7) is 10.3. The topological polar surface area (TPSA) is 79.3 Å². The molecular weight excluding hydrogens is 483 g/mol. The molecule has 5 rings (SSSR count). The molecule has 0 fully saturated rings. The van der Waals surface area contributed by atoms with Crippen LogP contribution in [-0.4, -0.2) is 38.2 Å². The summed E-state index contributed by atoms with van der Waals surface area (Å²) in [5, 5.41) is 0. The van der Waals surface area contributed by atoms with E-state index in [0.717, 1.165) is 22.4 Å². The molecule has 0 atom stereocenters. The minimum atomic E-state index is -0.487. The van der Waals surface area contributed by atoms with Gasteiger partial charge in [0.1, 0.15) is 23.9 Å². The molecule has 0 amide bonds.